The molecule has 0 saturated carbocycles. The second-order valence-electron chi connectivity index (χ2n) is 4.81. The number of carbonyl (C=O) groups excluding carboxylic acids is 1. The van der Waals surface area contributed by atoms with Gasteiger partial charge in [0.15, 0.2) is 5.78 Å². The SMILES string of the molecule is CCC1=CC(CSc2ccccc2)=CCC=C1C(C)=O. The van der Waals surface area contributed by atoms with Gasteiger partial charge in [-0.2, -0.15) is 0 Å². The first-order valence-electron chi connectivity index (χ1n) is 6.99. The Morgan fingerprint density at radius 1 is 1.20 bits per heavy atom. The van der Waals surface area contributed by atoms with Crippen LogP contribution in [0.1, 0.15) is 26.7 Å². The van der Waals surface area contributed by atoms with Gasteiger partial charge in [-0.1, -0.05) is 43.4 Å². The molecule has 0 N–H and O–H groups in total. The molecule has 0 spiro atoms. The van der Waals surface area contributed by atoms with Crippen molar-refractivity contribution in [2.75, 3.05) is 5.75 Å². The maximum absolute atomic E-state index is 11.7. The summed E-state index contributed by atoms with van der Waals surface area (Å²) in [6, 6.07) is 10.4. The standard InChI is InChI=1S/C18H20OS/c1-3-16-12-15(8-7-11-18(16)14(2)19)13-20-17-9-5-4-6-10-17/h4-6,8-12H,3,7,13H2,1-2H3. The highest BCUT2D eigenvalue weighted by molar-refractivity contribution is 7.99. The van der Waals surface area contributed by atoms with Crippen LogP contribution in [0.3, 0.4) is 0 Å². The number of hydrogen-bond acceptors (Lipinski definition) is 2. The molecule has 2 rings (SSSR count). The van der Waals surface area contributed by atoms with Crippen molar-refractivity contribution in [2.24, 2.45) is 0 Å². The second-order valence-corrected chi connectivity index (χ2v) is 5.86. The van der Waals surface area contributed by atoms with Crippen LogP contribution in [0.2, 0.25) is 0 Å². The average Bonchev–Trinajstić information content (AvgIpc) is 2.68. The molecule has 1 nitrogen and oxygen atoms in total. The molecular formula is C18H20OS. The summed E-state index contributed by atoms with van der Waals surface area (Å²) >= 11 is 1.84. The minimum atomic E-state index is 0.170. The predicted octanol–water partition coefficient (Wildman–Crippen LogP) is 4.96. The zero-order chi connectivity index (χ0) is 14.4. The van der Waals surface area contributed by atoms with Crippen LogP contribution >= 0.6 is 11.8 Å². The highest BCUT2D eigenvalue weighted by Crippen LogP contribution is 2.26. The van der Waals surface area contributed by atoms with Gasteiger partial charge in [0.25, 0.3) is 0 Å². The number of benzene rings is 1. The van der Waals surface area contributed by atoms with Gasteiger partial charge in [-0.3, -0.25) is 4.79 Å². The fraction of sp³-hybridized carbons (Fsp3) is 0.278. The average molecular weight is 284 g/mol. The molecule has 1 aromatic rings. The molecule has 20 heavy (non-hydrogen) atoms. The van der Waals surface area contributed by atoms with Gasteiger partial charge in [-0.05, 0) is 43.0 Å². The fourth-order valence-corrected chi connectivity index (χ4v) is 3.15. The molecule has 0 radical (unpaired) electrons. The van der Waals surface area contributed by atoms with Gasteiger partial charge in [-0.15, -0.1) is 11.8 Å². The van der Waals surface area contributed by atoms with Gasteiger partial charge in [-0.25, -0.2) is 0 Å². The van der Waals surface area contributed by atoms with Gasteiger partial charge in [0.05, 0.1) is 0 Å². The van der Waals surface area contributed by atoms with Crippen molar-refractivity contribution in [2.45, 2.75) is 31.6 Å². The molecule has 2 heteroatoms. The van der Waals surface area contributed by atoms with Crippen LogP contribution in [-0.2, 0) is 4.79 Å². The lowest BCUT2D eigenvalue weighted by Gasteiger charge is -2.07. The maximum atomic E-state index is 11.7. The van der Waals surface area contributed by atoms with Gasteiger partial charge in [0, 0.05) is 16.2 Å². The van der Waals surface area contributed by atoms with Gasteiger partial charge in [0.1, 0.15) is 0 Å². The topological polar surface area (TPSA) is 17.1 Å². The van der Waals surface area contributed by atoms with Crippen LogP contribution in [0.15, 0.2) is 70.2 Å². The first-order valence-corrected chi connectivity index (χ1v) is 7.98. The largest absolute Gasteiger partial charge is 0.295 e. The molecule has 1 aliphatic carbocycles. The van der Waals surface area contributed by atoms with E-state index in [1.165, 1.54) is 10.5 Å². The predicted molar refractivity (Wildman–Crippen MR) is 87.0 cm³/mol. The molecule has 1 aromatic carbocycles. The quantitative estimate of drug-likeness (QED) is 0.711. The molecule has 0 amide bonds. The first kappa shape index (κ1) is 14.9. The molecule has 0 saturated heterocycles. The fourth-order valence-electron chi connectivity index (χ4n) is 2.27. The monoisotopic (exact) mass is 284 g/mol. The second kappa shape index (κ2) is 7.30. The van der Waals surface area contributed by atoms with Crippen molar-refractivity contribution in [1.29, 1.82) is 0 Å². The van der Waals surface area contributed by atoms with E-state index in [0.29, 0.717) is 0 Å². The van der Waals surface area contributed by atoms with E-state index in [2.05, 4.69) is 49.4 Å². The van der Waals surface area contributed by atoms with Crippen LogP contribution in [0.25, 0.3) is 0 Å². The lowest BCUT2D eigenvalue weighted by molar-refractivity contribution is -0.113. The van der Waals surface area contributed by atoms with E-state index in [0.717, 1.165) is 29.7 Å². The van der Waals surface area contributed by atoms with E-state index in [1.807, 2.05) is 17.8 Å². The van der Waals surface area contributed by atoms with Gasteiger partial charge >= 0.3 is 0 Å². The minimum absolute atomic E-state index is 0.170. The Kier molecular flexibility index (Phi) is 5.42. The number of ketones is 1. The normalized spacial score (nSPS) is 15.0. The molecule has 0 fully saturated rings. The molecular weight excluding hydrogens is 264 g/mol. The summed E-state index contributed by atoms with van der Waals surface area (Å²) in [5, 5.41) is 0. The van der Waals surface area contributed by atoms with Crippen molar-refractivity contribution in [1.82, 2.24) is 0 Å². The smallest absolute Gasteiger partial charge is 0.159 e. The summed E-state index contributed by atoms with van der Waals surface area (Å²) in [7, 11) is 0. The molecule has 0 atom stereocenters. The number of carbonyl (C=O) groups is 1. The summed E-state index contributed by atoms with van der Waals surface area (Å²) in [6.45, 7) is 3.76. The molecule has 104 valence electrons. The summed E-state index contributed by atoms with van der Waals surface area (Å²) in [5.74, 6) is 1.12. The molecule has 0 heterocycles. The van der Waals surface area contributed by atoms with E-state index in [1.54, 1.807) is 6.92 Å². The Balaban J connectivity index is 2.08. The third kappa shape index (κ3) is 3.97. The Morgan fingerprint density at radius 3 is 2.60 bits per heavy atom. The van der Waals surface area contributed by atoms with E-state index in [4.69, 9.17) is 0 Å². The van der Waals surface area contributed by atoms with Crippen LogP contribution in [0.5, 0.6) is 0 Å². The van der Waals surface area contributed by atoms with Crippen LogP contribution in [-0.4, -0.2) is 11.5 Å². The van der Waals surface area contributed by atoms with Crippen molar-refractivity contribution in [3.63, 3.8) is 0 Å². The van der Waals surface area contributed by atoms with Crippen molar-refractivity contribution < 1.29 is 4.79 Å². The van der Waals surface area contributed by atoms with Crippen molar-refractivity contribution in [3.8, 4) is 0 Å². The van der Waals surface area contributed by atoms with Crippen LogP contribution in [0.4, 0.5) is 0 Å². The Labute approximate surface area is 125 Å². The van der Waals surface area contributed by atoms with Crippen molar-refractivity contribution in [3.05, 3.63) is 65.3 Å². The summed E-state index contributed by atoms with van der Waals surface area (Å²) < 4.78 is 0. The van der Waals surface area contributed by atoms with E-state index >= 15 is 0 Å². The molecule has 0 aromatic heterocycles. The zero-order valence-corrected chi connectivity index (χ0v) is 12.9. The maximum Gasteiger partial charge on any atom is 0.159 e. The molecule has 1 aliphatic rings. The summed E-state index contributed by atoms with van der Waals surface area (Å²) in [5.41, 5.74) is 3.36. The first-order chi connectivity index (χ1) is 9.70. The zero-order valence-electron chi connectivity index (χ0n) is 12.1. The molecule has 0 bridgehead atoms. The van der Waals surface area contributed by atoms with Crippen LogP contribution < -0.4 is 0 Å². The third-order valence-electron chi connectivity index (χ3n) is 3.32. The van der Waals surface area contributed by atoms with Crippen LogP contribution in [0, 0.1) is 0 Å². The Hall–Kier alpha value is -1.54. The van der Waals surface area contributed by atoms with Gasteiger partial charge in [0.2, 0.25) is 0 Å². The lowest BCUT2D eigenvalue weighted by Crippen LogP contribution is -1.99. The lowest BCUT2D eigenvalue weighted by atomic mass is 9.99. The minimum Gasteiger partial charge on any atom is -0.295 e. The number of hydrogen-bond donors (Lipinski definition) is 0. The highest BCUT2D eigenvalue weighted by Gasteiger charge is 2.11. The summed E-state index contributed by atoms with van der Waals surface area (Å²) in [4.78, 5) is 13.0. The van der Waals surface area contributed by atoms with E-state index in [-0.39, 0.29) is 5.78 Å². The molecule has 0 unspecified atom stereocenters. The van der Waals surface area contributed by atoms with E-state index in [9.17, 15) is 4.79 Å². The number of Topliss-reactive ketones (excluding diaryl/α,β-unsaturated/α-hetero) is 1. The number of rotatable bonds is 5. The molecule has 0 aliphatic heterocycles. The highest BCUT2D eigenvalue weighted by atomic mass is 32.2. The van der Waals surface area contributed by atoms with Gasteiger partial charge < -0.3 is 0 Å². The summed E-state index contributed by atoms with van der Waals surface area (Å²) in [6.07, 6.45) is 8.22. The van der Waals surface area contributed by atoms with Crippen molar-refractivity contribution >= 4 is 17.5 Å². The third-order valence-corrected chi connectivity index (χ3v) is 4.40. The van der Waals surface area contributed by atoms with E-state index < -0.39 is 0 Å². The number of thioether (sulfide) groups is 1. The number of allylic oxidation sites excluding steroid dienone is 5. The Bertz CT molecular complexity index is 564. The Morgan fingerprint density at radius 2 is 1.95 bits per heavy atom.